The monoisotopic (exact) mass is 658 g/mol. The lowest BCUT2D eigenvalue weighted by Gasteiger charge is -2.63. The fraction of sp³-hybridized carbons (Fsp3) is 0.245. The SMILES string of the molecule is C1=CCC2C(=C1)c1cc(N(c3ccc(-c4ccccc4)cc3)c3ccc(-c4ccnc5ccccc45)cc3)ccc1C21C2CC3CC(C2)CC1C3. The first-order valence-corrected chi connectivity index (χ1v) is 19.2. The molecule has 0 radical (unpaired) electrons. The molecule has 0 saturated heterocycles. The number of aromatic nitrogens is 1. The number of allylic oxidation sites excluding steroid dienone is 4. The second-order valence-corrected chi connectivity index (χ2v) is 16.0. The zero-order chi connectivity index (χ0) is 33.5. The van der Waals surface area contributed by atoms with Crippen LogP contribution in [-0.2, 0) is 5.41 Å². The Balaban J connectivity index is 1.04. The van der Waals surface area contributed by atoms with Gasteiger partial charge in [0.25, 0.3) is 0 Å². The van der Waals surface area contributed by atoms with Crippen molar-refractivity contribution in [2.75, 3.05) is 4.90 Å². The van der Waals surface area contributed by atoms with Gasteiger partial charge < -0.3 is 4.90 Å². The third-order valence-corrected chi connectivity index (χ3v) is 13.6. The van der Waals surface area contributed by atoms with Crippen LogP contribution in [0, 0.1) is 29.6 Å². The number of fused-ring (bicyclic) bond motifs is 4. The third-order valence-electron chi connectivity index (χ3n) is 13.6. The number of para-hydroxylation sites is 1. The Bertz CT molecular complexity index is 2310. The lowest BCUT2D eigenvalue weighted by atomic mass is 9.41. The van der Waals surface area contributed by atoms with Crippen molar-refractivity contribution >= 4 is 33.5 Å². The van der Waals surface area contributed by atoms with Crippen LogP contribution >= 0.6 is 0 Å². The Hall–Kier alpha value is -5.21. The highest BCUT2D eigenvalue weighted by Crippen LogP contribution is 2.71. The molecule has 1 aromatic heterocycles. The van der Waals surface area contributed by atoms with E-state index >= 15 is 0 Å². The first-order chi connectivity index (χ1) is 25.2. The van der Waals surface area contributed by atoms with E-state index in [1.54, 1.807) is 11.1 Å². The summed E-state index contributed by atoms with van der Waals surface area (Å²) in [5.74, 6) is 4.22. The summed E-state index contributed by atoms with van der Waals surface area (Å²) < 4.78 is 0. The number of benzene rings is 5. The molecular weight excluding hydrogens is 617 g/mol. The van der Waals surface area contributed by atoms with Crippen LogP contribution in [0.1, 0.15) is 49.7 Å². The molecule has 5 aromatic carbocycles. The summed E-state index contributed by atoms with van der Waals surface area (Å²) in [6, 6.07) is 47.2. The van der Waals surface area contributed by atoms with Crippen LogP contribution in [0.4, 0.5) is 17.1 Å². The smallest absolute Gasteiger partial charge is 0.0708 e. The first-order valence-electron chi connectivity index (χ1n) is 19.2. The molecule has 1 heterocycles. The highest BCUT2D eigenvalue weighted by molar-refractivity contribution is 5.95. The summed E-state index contributed by atoms with van der Waals surface area (Å²) >= 11 is 0. The number of anilines is 3. The molecule has 1 spiro atoms. The van der Waals surface area contributed by atoms with Gasteiger partial charge in [0.05, 0.1) is 5.52 Å². The fourth-order valence-electron chi connectivity index (χ4n) is 11.8. The molecule has 0 N–H and O–H groups in total. The fourth-order valence-corrected chi connectivity index (χ4v) is 11.8. The maximum atomic E-state index is 4.62. The van der Waals surface area contributed by atoms with Crippen LogP contribution in [-0.4, -0.2) is 4.98 Å². The summed E-state index contributed by atoms with van der Waals surface area (Å²) in [6.07, 6.45) is 17.7. The zero-order valence-electron chi connectivity index (χ0n) is 29.0. The molecule has 4 saturated carbocycles. The Morgan fingerprint density at radius 2 is 1.22 bits per heavy atom. The van der Waals surface area contributed by atoms with Crippen LogP contribution in [0.15, 0.2) is 152 Å². The Morgan fingerprint density at radius 3 is 1.96 bits per heavy atom. The predicted molar refractivity (Wildman–Crippen MR) is 211 cm³/mol. The average molecular weight is 659 g/mol. The van der Waals surface area contributed by atoms with Crippen LogP contribution in [0.25, 0.3) is 38.7 Å². The van der Waals surface area contributed by atoms with Crippen molar-refractivity contribution in [2.24, 2.45) is 29.6 Å². The van der Waals surface area contributed by atoms with Gasteiger partial charge in [-0.3, -0.25) is 4.98 Å². The van der Waals surface area contributed by atoms with Gasteiger partial charge in [-0.05, 0) is 156 Å². The lowest BCUT2D eigenvalue weighted by molar-refractivity contribution is -0.0748. The molecule has 6 aromatic rings. The number of rotatable bonds is 5. The molecule has 1 unspecified atom stereocenters. The van der Waals surface area contributed by atoms with Gasteiger partial charge in [0.2, 0.25) is 0 Å². The van der Waals surface area contributed by atoms with E-state index < -0.39 is 0 Å². The maximum Gasteiger partial charge on any atom is 0.0708 e. The third kappa shape index (κ3) is 4.45. The van der Waals surface area contributed by atoms with Crippen LogP contribution in [0.2, 0.25) is 0 Å². The number of hydrogen-bond acceptors (Lipinski definition) is 2. The van der Waals surface area contributed by atoms with E-state index in [0.29, 0.717) is 11.3 Å². The maximum absolute atomic E-state index is 4.62. The normalized spacial score (nSPS) is 26.7. The molecule has 51 heavy (non-hydrogen) atoms. The molecule has 4 fully saturated rings. The van der Waals surface area contributed by atoms with E-state index in [0.717, 1.165) is 29.2 Å². The van der Waals surface area contributed by atoms with Crippen molar-refractivity contribution < 1.29 is 0 Å². The Kier molecular flexibility index (Phi) is 6.60. The number of nitrogens with zero attached hydrogens (tertiary/aromatic N) is 2. The quantitative estimate of drug-likeness (QED) is 0.183. The largest absolute Gasteiger partial charge is 0.310 e. The molecule has 0 amide bonds. The van der Waals surface area contributed by atoms with E-state index in [1.165, 1.54) is 88.8 Å². The van der Waals surface area contributed by atoms with Crippen LogP contribution in [0.5, 0.6) is 0 Å². The summed E-state index contributed by atoms with van der Waals surface area (Å²) in [5.41, 5.74) is 14.6. The van der Waals surface area contributed by atoms with Crippen molar-refractivity contribution in [3.8, 4) is 22.3 Å². The minimum absolute atomic E-state index is 0.314. The van der Waals surface area contributed by atoms with E-state index in [-0.39, 0.29) is 0 Å². The average Bonchev–Trinajstić information content (AvgIpc) is 3.48. The van der Waals surface area contributed by atoms with Crippen molar-refractivity contribution in [2.45, 2.75) is 43.9 Å². The summed E-state index contributed by atoms with van der Waals surface area (Å²) in [7, 11) is 0. The summed E-state index contributed by atoms with van der Waals surface area (Å²) in [6.45, 7) is 0. The van der Waals surface area contributed by atoms with E-state index in [4.69, 9.17) is 0 Å². The summed E-state index contributed by atoms with van der Waals surface area (Å²) in [4.78, 5) is 7.09. The molecule has 1 atom stereocenters. The van der Waals surface area contributed by atoms with E-state index in [2.05, 4.69) is 156 Å². The minimum atomic E-state index is 0.314. The van der Waals surface area contributed by atoms with Gasteiger partial charge in [0, 0.05) is 34.1 Å². The van der Waals surface area contributed by atoms with Crippen molar-refractivity contribution in [3.05, 3.63) is 163 Å². The first kappa shape index (κ1) is 29.5. The predicted octanol–water partition coefficient (Wildman–Crippen LogP) is 12.7. The van der Waals surface area contributed by atoms with E-state index in [1.807, 2.05) is 6.20 Å². The molecule has 248 valence electrons. The molecule has 4 bridgehead atoms. The molecule has 2 nitrogen and oxygen atoms in total. The van der Waals surface area contributed by atoms with Gasteiger partial charge in [-0.15, -0.1) is 0 Å². The second kappa shape index (κ2) is 11.4. The molecule has 12 rings (SSSR count). The van der Waals surface area contributed by atoms with Gasteiger partial charge in [-0.25, -0.2) is 0 Å². The highest BCUT2D eigenvalue weighted by atomic mass is 15.1. The van der Waals surface area contributed by atoms with Crippen molar-refractivity contribution in [1.29, 1.82) is 0 Å². The summed E-state index contributed by atoms with van der Waals surface area (Å²) in [5, 5.41) is 1.18. The van der Waals surface area contributed by atoms with Gasteiger partial charge in [0.1, 0.15) is 0 Å². The van der Waals surface area contributed by atoms with Gasteiger partial charge in [0.15, 0.2) is 0 Å². The van der Waals surface area contributed by atoms with Gasteiger partial charge >= 0.3 is 0 Å². The number of hydrogen-bond donors (Lipinski definition) is 0. The van der Waals surface area contributed by atoms with E-state index in [9.17, 15) is 0 Å². The van der Waals surface area contributed by atoms with Gasteiger partial charge in [-0.2, -0.15) is 0 Å². The molecule has 0 aliphatic heterocycles. The Morgan fingerprint density at radius 1 is 0.569 bits per heavy atom. The lowest BCUT2D eigenvalue weighted by Crippen LogP contribution is -2.57. The molecular formula is C49H42N2. The van der Waals surface area contributed by atoms with Crippen molar-refractivity contribution in [3.63, 3.8) is 0 Å². The van der Waals surface area contributed by atoms with Gasteiger partial charge in [-0.1, -0.05) is 97.1 Å². The van der Waals surface area contributed by atoms with Crippen LogP contribution in [0.3, 0.4) is 0 Å². The topological polar surface area (TPSA) is 16.1 Å². The Labute approximate surface area is 301 Å². The molecule has 6 aliphatic carbocycles. The van der Waals surface area contributed by atoms with Crippen LogP contribution < -0.4 is 4.90 Å². The standard InChI is InChI=1S/C49H42N2/c1-2-8-34(9-3-1)35-14-18-39(19-15-35)51(40-20-16-36(17-21-40)42-24-25-50-48-13-7-5-11-44(42)48)41-22-23-47-45(31-41)43-10-4-6-12-46(43)49(47)37-27-32-26-33(29-37)30-38(49)28-32/h1-11,13-25,31-33,37-38,46H,12,26-30H2. The second-order valence-electron chi connectivity index (χ2n) is 16.0. The molecule has 2 heteroatoms. The van der Waals surface area contributed by atoms with Crippen molar-refractivity contribution in [1.82, 2.24) is 4.98 Å². The number of pyridine rings is 1. The molecule has 6 aliphatic rings. The zero-order valence-corrected chi connectivity index (χ0v) is 29.0. The highest BCUT2D eigenvalue weighted by Gasteiger charge is 2.64. The minimum Gasteiger partial charge on any atom is -0.310 e.